The Morgan fingerprint density at radius 2 is 2.06 bits per heavy atom. The molecule has 0 bridgehead atoms. The number of β-lactam (4-membered cyclic amide) rings is 1. The van der Waals surface area contributed by atoms with Crippen LogP contribution in [0.2, 0.25) is 0 Å². The third-order valence-electron chi connectivity index (χ3n) is 4.26. The smallest absolute Gasteiger partial charge is 0.412 e. The number of carbonyl (C=O) groups excluding carboxylic acids is 5. The fourth-order valence-electron chi connectivity index (χ4n) is 2.99. The first kappa shape index (κ1) is 22.7. The molecule has 14 nitrogen and oxygen atoms in total. The molecule has 0 saturated carbocycles. The third kappa shape index (κ3) is 4.51. The van der Waals surface area contributed by atoms with Crippen LogP contribution in [0.15, 0.2) is 39.2 Å². The van der Waals surface area contributed by atoms with E-state index in [2.05, 4.69) is 20.0 Å². The van der Waals surface area contributed by atoms with Gasteiger partial charge in [0.05, 0.1) is 6.26 Å². The van der Waals surface area contributed by atoms with Gasteiger partial charge in [-0.25, -0.2) is 14.4 Å². The van der Waals surface area contributed by atoms with Crippen LogP contribution in [0.5, 0.6) is 0 Å². The van der Waals surface area contributed by atoms with Gasteiger partial charge in [0.1, 0.15) is 30.8 Å². The molecule has 0 radical (unpaired) electrons. The Morgan fingerprint density at radius 1 is 1.31 bits per heavy atom. The molecule has 5 N–H and O–H groups in total. The molecule has 1 fully saturated rings. The van der Waals surface area contributed by atoms with Gasteiger partial charge < -0.3 is 35.5 Å². The number of hydrogen-bond acceptors (Lipinski definition) is 11. The van der Waals surface area contributed by atoms with Crippen LogP contribution in [0.25, 0.3) is 0 Å². The Bertz CT molecular complexity index is 1020. The summed E-state index contributed by atoms with van der Waals surface area (Å²) in [7, 11) is 1.24. The highest BCUT2D eigenvalue weighted by Gasteiger charge is 2.55. The molecule has 170 valence electrons. The van der Waals surface area contributed by atoms with E-state index in [0.29, 0.717) is 0 Å². The molecule has 0 aliphatic carbocycles. The topological polar surface area (TPSA) is 206 Å². The number of primary amides is 2. The first-order chi connectivity index (χ1) is 15.2. The van der Waals surface area contributed by atoms with Crippen molar-refractivity contribution >= 4 is 47.4 Å². The second kappa shape index (κ2) is 9.42. The van der Waals surface area contributed by atoms with Crippen LogP contribution in [0, 0.1) is 0 Å². The Labute approximate surface area is 183 Å². The van der Waals surface area contributed by atoms with Crippen LogP contribution in [-0.4, -0.2) is 71.5 Å². The quantitative estimate of drug-likeness (QED) is 0.147. The maximum atomic E-state index is 12.8. The highest BCUT2D eigenvalue weighted by molar-refractivity contribution is 8.00. The second-order valence-electron chi connectivity index (χ2n) is 6.23. The number of furan rings is 1. The van der Waals surface area contributed by atoms with Crippen LogP contribution in [-0.2, 0) is 28.7 Å². The first-order valence-corrected chi connectivity index (χ1v) is 9.85. The maximum absolute atomic E-state index is 12.8. The van der Waals surface area contributed by atoms with Gasteiger partial charge in [-0.1, -0.05) is 5.16 Å². The fourth-order valence-corrected chi connectivity index (χ4v) is 4.32. The lowest BCUT2D eigenvalue weighted by Gasteiger charge is -2.49. The number of oxime groups is 1. The molecule has 15 heteroatoms. The minimum atomic E-state index is -1.39. The van der Waals surface area contributed by atoms with E-state index >= 15 is 0 Å². The number of carbonyl (C=O) groups is 5. The van der Waals surface area contributed by atoms with Crippen LogP contribution in [0.1, 0.15) is 5.76 Å². The zero-order valence-corrected chi connectivity index (χ0v) is 17.2. The molecule has 1 aromatic rings. The first-order valence-electron chi connectivity index (χ1n) is 8.81. The van der Waals surface area contributed by atoms with E-state index in [-0.39, 0.29) is 28.5 Å². The van der Waals surface area contributed by atoms with Crippen molar-refractivity contribution in [2.75, 3.05) is 19.5 Å². The highest BCUT2D eigenvalue weighted by Crippen LogP contribution is 2.40. The lowest BCUT2D eigenvalue weighted by molar-refractivity contribution is -0.150. The molecule has 2 aliphatic rings. The number of rotatable bonds is 7. The summed E-state index contributed by atoms with van der Waals surface area (Å²) in [5, 5.41) is 5.41. The fraction of sp³-hybridized carbons (Fsp3) is 0.294. The van der Waals surface area contributed by atoms with E-state index in [1.165, 1.54) is 37.3 Å². The van der Waals surface area contributed by atoms with Crippen molar-refractivity contribution in [2.45, 2.75) is 11.4 Å². The van der Waals surface area contributed by atoms with E-state index in [9.17, 15) is 24.0 Å². The summed E-state index contributed by atoms with van der Waals surface area (Å²) >= 11 is 1.17. The number of ether oxygens (including phenoxy) is 2. The summed E-state index contributed by atoms with van der Waals surface area (Å²) in [5.41, 5.74) is 9.49. The van der Waals surface area contributed by atoms with E-state index in [1.807, 2.05) is 0 Å². The molecule has 1 saturated heterocycles. The number of nitrogens with one attached hydrogen (secondary N) is 1. The van der Waals surface area contributed by atoms with Crippen molar-refractivity contribution in [1.29, 1.82) is 0 Å². The number of nitrogens with two attached hydrogens (primary N) is 2. The largest absolute Gasteiger partial charge is 0.462 e. The Kier molecular flexibility index (Phi) is 6.67. The summed E-state index contributed by atoms with van der Waals surface area (Å²) in [6.07, 6.45) is -1.16. The van der Waals surface area contributed by atoms with Crippen molar-refractivity contribution < 1.29 is 42.7 Å². The average Bonchev–Trinajstić information content (AvgIpc) is 3.27. The van der Waals surface area contributed by atoms with Crippen molar-refractivity contribution in [3.8, 4) is 0 Å². The zero-order chi connectivity index (χ0) is 23.4. The van der Waals surface area contributed by atoms with Gasteiger partial charge >= 0.3 is 18.2 Å². The minimum absolute atomic E-state index is 0.106. The zero-order valence-electron chi connectivity index (χ0n) is 16.4. The molecule has 2 aliphatic heterocycles. The lowest BCUT2D eigenvalue weighted by atomic mass is 10.0. The molecule has 1 aromatic heterocycles. The molecule has 4 amide bonds. The lowest BCUT2D eigenvalue weighted by Crippen LogP contribution is -2.71. The summed E-state index contributed by atoms with van der Waals surface area (Å²) in [5.74, 6) is -2.43. The predicted octanol–water partition coefficient (Wildman–Crippen LogP) is -0.999. The third-order valence-corrected chi connectivity index (χ3v) is 5.60. The van der Waals surface area contributed by atoms with Crippen molar-refractivity contribution in [3.63, 3.8) is 0 Å². The standard InChI is InChI=1S/C17H17N5O9S/c1-28-21-9(8-3-2-4-29-8)12(23)20-10-13(24)22-11(15(25)31-17(19)27)7(5-30-16(18)26)6-32-14(10)22/h2-4,10,14H,5-6H2,1H3,(H2,18,26)(H2,19,27)(H,20,23)/b21-9-/t10-,14-/m1/s1. The van der Waals surface area contributed by atoms with Gasteiger partial charge in [-0.2, -0.15) is 0 Å². The maximum Gasteiger partial charge on any atom is 0.412 e. The van der Waals surface area contributed by atoms with E-state index in [4.69, 9.17) is 20.6 Å². The predicted molar refractivity (Wildman–Crippen MR) is 106 cm³/mol. The molecule has 0 spiro atoms. The molecule has 32 heavy (non-hydrogen) atoms. The number of amides is 4. The van der Waals surface area contributed by atoms with E-state index in [0.717, 1.165) is 4.90 Å². The van der Waals surface area contributed by atoms with E-state index < -0.39 is 48.0 Å². The van der Waals surface area contributed by atoms with Gasteiger partial charge in [-0.3, -0.25) is 14.5 Å². The van der Waals surface area contributed by atoms with E-state index in [1.54, 1.807) is 0 Å². The van der Waals surface area contributed by atoms with Crippen LogP contribution >= 0.6 is 11.8 Å². The second-order valence-corrected chi connectivity index (χ2v) is 7.33. The number of esters is 1. The summed E-state index contributed by atoms with van der Waals surface area (Å²) < 4.78 is 14.2. The number of thioether (sulfide) groups is 1. The van der Waals surface area contributed by atoms with Crippen LogP contribution in [0.3, 0.4) is 0 Å². The Balaban J connectivity index is 1.81. The number of hydrogen-bond donors (Lipinski definition) is 3. The number of fused-ring (bicyclic) bond motifs is 1. The molecular weight excluding hydrogens is 450 g/mol. The van der Waals surface area contributed by atoms with Crippen molar-refractivity contribution in [1.82, 2.24) is 10.2 Å². The Morgan fingerprint density at radius 3 is 2.66 bits per heavy atom. The minimum Gasteiger partial charge on any atom is -0.462 e. The molecule has 3 rings (SSSR count). The number of nitrogens with zero attached hydrogens (tertiary/aromatic N) is 2. The summed E-state index contributed by atoms with van der Waals surface area (Å²) in [6.45, 7) is -0.414. The molecule has 0 aromatic carbocycles. The summed E-state index contributed by atoms with van der Waals surface area (Å²) in [4.78, 5) is 65.5. The van der Waals surface area contributed by atoms with Crippen molar-refractivity contribution in [3.05, 3.63) is 35.4 Å². The molecule has 2 atom stereocenters. The molecule has 0 unspecified atom stereocenters. The molecular formula is C17H17N5O9S. The van der Waals surface area contributed by atoms with Gasteiger partial charge in [-0.15, -0.1) is 11.8 Å². The van der Waals surface area contributed by atoms with Gasteiger partial charge in [0.15, 0.2) is 5.76 Å². The summed E-state index contributed by atoms with van der Waals surface area (Å²) in [6, 6.07) is 1.98. The van der Waals surface area contributed by atoms with Crippen LogP contribution in [0.4, 0.5) is 9.59 Å². The van der Waals surface area contributed by atoms with Crippen molar-refractivity contribution in [2.24, 2.45) is 16.6 Å². The molecule has 3 heterocycles. The normalized spacial score (nSPS) is 20.1. The Hall–Kier alpha value is -4.01. The monoisotopic (exact) mass is 467 g/mol. The average molecular weight is 467 g/mol. The van der Waals surface area contributed by atoms with Gasteiger partial charge in [0.25, 0.3) is 11.8 Å². The van der Waals surface area contributed by atoms with Gasteiger partial charge in [0.2, 0.25) is 5.71 Å². The highest BCUT2D eigenvalue weighted by atomic mass is 32.2. The van der Waals surface area contributed by atoms with Gasteiger partial charge in [-0.05, 0) is 12.1 Å². The van der Waals surface area contributed by atoms with Crippen LogP contribution < -0.4 is 16.8 Å². The SMILES string of the molecule is CO/N=C(\C(=O)N[C@@H]1C(=O)N2C(C(=O)OC(N)=O)=C(COC(N)=O)CS[C@H]12)c1ccco1. The van der Waals surface area contributed by atoms with Gasteiger partial charge in [0, 0.05) is 11.3 Å².